The van der Waals surface area contributed by atoms with E-state index in [1.807, 2.05) is 0 Å². The Bertz CT molecular complexity index is 1010. The van der Waals surface area contributed by atoms with Gasteiger partial charge in [-0.2, -0.15) is 0 Å². The highest BCUT2D eigenvalue weighted by molar-refractivity contribution is 7.90. The average molecular weight is 408 g/mol. The second kappa shape index (κ2) is 7.97. The predicted octanol–water partition coefficient (Wildman–Crippen LogP) is 3.83. The van der Waals surface area contributed by atoms with Gasteiger partial charge in [-0.3, -0.25) is 10.1 Å². The van der Waals surface area contributed by atoms with Gasteiger partial charge in [-0.05, 0) is 57.2 Å². The Morgan fingerprint density at radius 1 is 1.00 bits per heavy atom. The summed E-state index contributed by atoms with van der Waals surface area (Å²) in [7, 11) is -3.49. The van der Waals surface area contributed by atoms with Crippen LogP contribution in [-0.2, 0) is 14.6 Å². The molecule has 0 radical (unpaired) electrons. The fraction of sp³-hybridized carbons (Fsp3) is 0.263. The molecule has 0 heterocycles. The van der Waals surface area contributed by atoms with Crippen LogP contribution in [0.5, 0.6) is 0 Å². The first kappa shape index (κ1) is 21.4. The summed E-state index contributed by atoms with van der Waals surface area (Å²) in [6.07, 6.45) is 0.257. The first-order chi connectivity index (χ1) is 12.8. The molecule has 0 aliphatic rings. The second-order valence-corrected chi connectivity index (χ2v) is 9.09. The molecule has 2 amide bonds. The van der Waals surface area contributed by atoms with E-state index in [4.69, 9.17) is 4.74 Å². The molecule has 7 nitrogen and oxygen atoms in total. The zero-order chi connectivity index (χ0) is 21.1. The highest BCUT2D eigenvalue weighted by atomic mass is 32.2. The van der Waals surface area contributed by atoms with Crippen molar-refractivity contribution in [3.8, 4) is 0 Å². The fourth-order valence-corrected chi connectivity index (χ4v) is 2.87. The largest absolute Gasteiger partial charge is 0.444 e. The minimum Gasteiger partial charge on any atom is -0.444 e. The van der Waals surface area contributed by atoms with Crippen molar-refractivity contribution in [3.63, 3.8) is 0 Å². The molecule has 28 heavy (non-hydrogen) atoms. The molecule has 9 heteroatoms. The van der Waals surface area contributed by atoms with Crippen molar-refractivity contribution in [1.82, 2.24) is 0 Å². The minimum atomic E-state index is -3.49. The van der Waals surface area contributed by atoms with Crippen LogP contribution >= 0.6 is 0 Å². The number of carbonyl (C=O) groups excluding carboxylic acids is 2. The highest BCUT2D eigenvalue weighted by Crippen LogP contribution is 2.25. The molecule has 0 saturated heterocycles. The van der Waals surface area contributed by atoms with Crippen molar-refractivity contribution < 1.29 is 27.1 Å². The van der Waals surface area contributed by atoms with Crippen molar-refractivity contribution in [2.75, 3.05) is 16.9 Å². The van der Waals surface area contributed by atoms with E-state index in [9.17, 15) is 22.4 Å². The normalized spacial score (nSPS) is 11.6. The molecule has 150 valence electrons. The van der Waals surface area contributed by atoms with Gasteiger partial charge in [0.2, 0.25) is 0 Å². The number of halogens is 1. The maximum absolute atomic E-state index is 13.7. The number of hydrogen-bond acceptors (Lipinski definition) is 5. The van der Waals surface area contributed by atoms with Crippen molar-refractivity contribution >= 4 is 33.2 Å². The number of carbonyl (C=O) groups is 2. The minimum absolute atomic E-state index is 0.000572. The molecule has 0 aromatic heterocycles. The van der Waals surface area contributed by atoms with Gasteiger partial charge in [0.25, 0.3) is 5.91 Å². The summed E-state index contributed by atoms with van der Waals surface area (Å²) in [5.74, 6) is -1.29. The van der Waals surface area contributed by atoms with Crippen LogP contribution in [0.2, 0.25) is 0 Å². The molecule has 2 aromatic carbocycles. The van der Waals surface area contributed by atoms with Gasteiger partial charge in [0.15, 0.2) is 9.84 Å². The molecular weight excluding hydrogens is 387 g/mol. The van der Waals surface area contributed by atoms with E-state index >= 15 is 0 Å². The lowest BCUT2D eigenvalue weighted by Crippen LogP contribution is -2.27. The molecule has 0 bridgehead atoms. The summed E-state index contributed by atoms with van der Waals surface area (Å²) in [6.45, 7) is 5.07. The first-order valence-corrected chi connectivity index (χ1v) is 10.2. The number of nitrogens with one attached hydrogen (secondary N) is 2. The summed E-state index contributed by atoms with van der Waals surface area (Å²) in [5.41, 5.74) is -0.543. The molecule has 0 atom stereocenters. The first-order valence-electron chi connectivity index (χ1n) is 8.26. The lowest BCUT2D eigenvalue weighted by Gasteiger charge is -2.20. The number of benzene rings is 2. The second-order valence-electron chi connectivity index (χ2n) is 7.07. The van der Waals surface area contributed by atoms with Gasteiger partial charge >= 0.3 is 6.09 Å². The van der Waals surface area contributed by atoms with Crippen LogP contribution in [0.4, 0.5) is 20.6 Å². The van der Waals surface area contributed by atoms with Crippen LogP contribution in [0.1, 0.15) is 31.1 Å². The Morgan fingerprint density at radius 2 is 1.68 bits per heavy atom. The van der Waals surface area contributed by atoms with Crippen LogP contribution in [0, 0.1) is 5.82 Å². The molecular formula is C19H21FN2O5S. The van der Waals surface area contributed by atoms with E-state index in [0.29, 0.717) is 0 Å². The molecule has 0 unspecified atom stereocenters. The van der Waals surface area contributed by atoms with Crippen molar-refractivity contribution in [2.24, 2.45) is 0 Å². The van der Waals surface area contributed by atoms with Crippen LogP contribution < -0.4 is 10.6 Å². The van der Waals surface area contributed by atoms with Crippen LogP contribution in [-0.4, -0.2) is 32.3 Å². The Balaban J connectivity index is 2.27. The third kappa shape index (κ3) is 6.05. The van der Waals surface area contributed by atoms with Gasteiger partial charge in [0.05, 0.1) is 16.3 Å². The maximum atomic E-state index is 13.7. The molecule has 0 aliphatic carbocycles. The van der Waals surface area contributed by atoms with Gasteiger partial charge in [-0.15, -0.1) is 0 Å². The standard InChI is InChI=1S/C19H21FN2O5S/c1-19(2,3)27-18(24)22-15-9-8-13(20)11-16(15)21-17(23)12-6-5-7-14(10-12)28(4,25)26/h5-11H,1-4H3,(H,21,23)(H,22,24). The van der Waals surface area contributed by atoms with Crippen LogP contribution in [0.3, 0.4) is 0 Å². The SMILES string of the molecule is CC(C)(C)OC(=O)Nc1ccc(F)cc1NC(=O)c1cccc(S(C)(=O)=O)c1. The number of anilines is 2. The van der Waals surface area contributed by atoms with Gasteiger partial charge in [-0.1, -0.05) is 6.07 Å². The third-order valence-corrected chi connectivity index (χ3v) is 4.50. The molecule has 0 fully saturated rings. The van der Waals surface area contributed by atoms with Gasteiger partial charge in [0, 0.05) is 11.8 Å². The zero-order valence-corrected chi connectivity index (χ0v) is 16.7. The molecule has 0 saturated carbocycles. The van der Waals surface area contributed by atoms with E-state index < -0.39 is 33.3 Å². The van der Waals surface area contributed by atoms with Gasteiger partial charge in [-0.25, -0.2) is 17.6 Å². The quantitative estimate of drug-likeness (QED) is 0.801. The Hall–Kier alpha value is -2.94. The third-order valence-electron chi connectivity index (χ3n) is 3.39. The summed E-state index contributed by atoms with van der Waals surface area (Å²) in [4.78, 5) is 24.4. The van der Waals surface area contributed by atoms with Crippen molar-refractivity contribution in [1.29, 1.82) is 0 Å². The number of rotatable bonds is 4. The van der Waals surface area contributed by atoms with Gasteiger partial charge in [0.1, 0.15) is 11.4 Å². The average Bonchev–Trinajstić information content (AvgIpc) is 2.55. The lowest BCUT2D eigenvalue weighted by atomic mass is 10.2. The monoisotopic (exact) mass is 408 g/mol. The predicted molar refractivity (Wildman–Crippen MR) is 104 cm³/mol. The van der Waals surface area contributed by atoms with E-state index in [-0.39, 0.29) is 21.8 Å². The maximum Gasteiger partial charge on any atom is 0.412 e. The Kier molecular flexibility index (Phi) is 6.08. The van der Waals surface area contributed by atoms with Crippen LogP contribution in [0.15, 0.2) is 47.4 Å². The number of ether oxygens (including phenoxy) is 1. The van der Waals surface area contributed by atoms with E-state index in [1.54, 1.807) is 20.8 Å². The fourth-order valence-electron chi connectivity index (χ4n) is 2.20. The number of sulfone groups is 1. The summed E-state index contributed by atoms with van der Waals surface area (Å²) in [6, 6.07) is 8.86. The highest BCUT2D eigenvalue weighted by Gasteiger charge is 2.19. The van der Waals surface area contributed by atoms with E-state index in [0.717, 1.165) is 18.4 Å². The molecule has 2 rings (SSSR count). The molecule has 2 aromatic rings. The summed E-state index contributed by atoms with van der Waals surface area (Å²) >= 11 is 0. The Morgan fingerprint density at radius 3 is 2.29 bits per heavy atom. The number of hydrogen-bond donors (Lipinski definition) is 2. The zero-order valence-electron chi connectivity index (χ0n) is 15.9. The molecule has 0 aliphatic heterocycles. The van der Waals surface area contributed by atoms with Crippen LogP contribution in [0.25, 0.3) is 0 Å². The van der Waals surface area contributed by atoms with E-state index in [1.165, 1.54) is 30.3 Å². The smallest absolute Gasteiger partial charge is 0.412 e. The van der Waals surface area contributed by atoms with Gasteiger partial charge < -0.3 is 10.1 Å². The van der Waals surface area contributed by atoms with Crippen molar-refractivity contribution in [3.05, 3.63) is 53.8 Å². The molecule has 2 N–H and O–H groups in total. The number of amides is 2. The lowest BCUT2D eigenvalue weighted by molar-refractivity contribution is 0.0635. The van der Waals surface area contributed by atoms with Crippen molar-refractivity contribution in [2.45, 2.75) is 31.3 Å². The summed E-state index contributed by atoms with van der Waals surface area (Å²) in [5, 5.41) is 4.92. The Labute approximate surface area is 162 Å². The topological polar surface area (TPSA) is 102 Å². The summed E-state index contributed by atoms with van der Waals surface area (Å²) < 4.78 is 42.1. The molecule has 0 spiro atoms. The van der Waals surface area contributed by atoms with E-state index in [2.05, 4.69) is 10.6 Å².